The molecule has 3 fully saturated rings. The molecule has 1 N–H and O–H groups in total. The van der Waals surface area contributed by atoms with Crippen LogP contribution in [0.4, 0.5) is 0 Å². The summed E-state index contributed by atoms with van der Waals surface area (Å²) in [7, 11) is 0. The molecule has 0 saturated carbocycles. The average Bonchev–Trinajstić information content (AvgIpc) is 3.18. The second-order valence-electron chi connectivity index (χ2n) is 6.80. The minimum atomic E-state index is -0.116. The molecule has 21 heavy (non-hydrogen) atoms. The summed E-state index contributed by atoms with van der Waals surface area (Å²) < 4.78 is 5.43. The molecule has 0 bridgehead atoms. The molecule has 120 valence electrons. The van der Waals surface area contributed by atoms with E-state index in [9.17, 15) is 4.79 Å². The second-order valence-corrected chi connectivity index (χ2v) is 6.80. The lowest BCUT2D eigenvalue weighted by Gasteiger charge is -2.34. The number of amides is 1. The largest absolute Gasteiger partial charge is 0.379 e. The highest BCUT2D eigenvalue weighted by atomic mass is 16.5. The predicted octanol–water partition coefficient (Wildman–Crippen LogP) is 0.699. The molecule has 3 rings (SSSR count). The summed E-state index contributed by atoms with van der Waals surface area (Å²) in [5, 5.41) is 3.40. The van der Waals surface area contributed by atoms with Gasteiger partial charge in [0.1, 0.15) is 0 Å². The van der Waals surface area contributed by atoms with Gasteiger partial charge in [-0.2, -0.15) is 0 Å². The van der Waals surface area contributed by atoms with Crippen molar-refractivity contribution in [2.75, 3.05) is 52.5 Å². The van der Waals surface area contributed by atoms with Gasteiger partial charge in [0.25, 0.3) is 0 Å². The van der Waals surface area contributed by atoms with E-state index < -0.39 is 0 Å². The zero-order valence-corrected chi connectivity index (χ0v) is 13.3. The van der Waals surface area contributed by atoms with Gasteiger partial charge in [-0.1, -0.05) is 13.3 Å². The highest BCUT2D eigenvalue weighted by Crippen LogP contribution is 2.34. The van der Waals surface area contributed by atoms with Crippen molar-refractivity contribution in [2.45, 2.75) is 38.6 Å². The first kappa shape index (κ1) is 15.3. The second kappa shape index (κ2) is 6.63. The fourth-order valence-corrected chi connectivity index (χ4v) is 4.23. The van der Waals surface area contributed by atoms with Crippen LogP contribution in [-0.4, -0.2) is 74.2 Å². The number of carbonyl (C=O) groups excluding carboxylic acids is 1. The molecular weight excluding hydrogens is 266 g/mol. The molecule has 2 unspecified atom stereocenters. The van der Waals surface area contributed by atoms with Gasteiger partial charge in [0.15, 0.2) is 0 Å². The Morgan fingerprint density at radius 3 is 2.81 bits per heavy atom. The number of carbonyl (C=O) groups is 1. The molecule has 3 aliphatic heterocycles. The van der Waals surface area contributed by atoms with Gasteiger partial charge in [-0.05, 0) is 25.8 Å². The Hall–Kier alpha value is -0.650. The number of hydrogen-bond donors (Lipinski definition) is 1. The normalized spacial score (nSPS) is 34.5. The number of likely N-dealkylation sites (tertiary alicyclic amines) is 1. The van der Waals surface area contributed by atoms with Gasteiger partial charge >= 0.3 is 0 Å². The Kier molecular flexibility index (Phi) is 4.82. The number of nitrogens with zero attached hydrogens (tertiary/aromatic N) is 2. The zero-order valence-electron chi connectivity index (χ0n) is 13.3. The van der Waals surface area contributed by atoms with Crippen molar-refractivity contribution in [2.24, 2.45) is 5.41 Å². The Morgan fingerprint density at radius 1 is 1.33 bits per heavy atom. The molecule has 0 aromatic heterocycles. The number of morpholine rings is 1. The number of ether oxygens (including phenoxy) is 1. The van der Waals surface area contributed by atoms with Crippen LogP contribution in [0.5, 0.6) is 0 Å². The van der Waals surface area contributed by atoms with Crippen molar-refractivity contribution in [1.82, 2.24) is 15.1 Å². The van der Waals surface area contributed by atoms with Gasteiger partial charge in [-0.15, -0.1) is 0 Å². The fraction of sp³-hybridized carbons (Fsp3) is 0.938. The molecule has 1 amide bonds. The number of hydrogen-bond acceptors (Lipinski definition) is 4. The Bertz CT molecular complexity index is 363. The number of rotatable bonds is 4. The van der Waals surface area contributed by atoms with E-state index in [1.807, 2.05) is 0 Å². The van der Waals surface area contributed by atoms with Gasteiger partial charge < -0.3 is 15.0 Å². The van der Waals surface area contributed by atoms with Crippen LogP contribution in [0.2, 0.25) is 0 Å². The summed E-state index contributed by atoms with van der Waals surface area (Å²) in [4.78, 5) is 17.7. The topological polar surface area (TPSA) is 44.8 Å². The zero-order chi connectivity index (χ0) is 14.7. The van der Waals surface area contributed by atoms with Crippen molar-refractivity contribution in [1.29, 1.82) is 0 Å². The van der Waals surface area contributed by atoms with Crippen LogP contribution in [0, 0.1) is 5.41 Å². The van der Waals surface area contributed by atoms with E-state index in [1.165, 1.54) is 0 Å². The summed E-state index contributed by atoms with van der Waals surface area (Å²) in [6, 6.07) is 0.547. The molecular formula is C16H29N3O2. The summed E-state index contributed by atoms with van der Waals surface area (Å²) in [5.41, 5.74) is -0.116. The Morgan fingerprint density at radius 2 is 2.14 bits per heavy atom. The standard InChI is InChI=1S/C16H29N3O2/c1-2-4-16(5-6-17-13-16)15(20)19-7-3-14(12-19)18-8-10-21-11-9-18/h14,17H,2-13H2,1H3. The monoisotopic (exact) mass is 295 g/mol. The summed E-state index contributed by atoms with van der Waals surface area (Å²) in [6.45, 7) is 9.64. The predicted molar refractivity (Wildman–Crippen MR) is 82.2 cm³/mol. The van der Waals surface area contributed by atoms with E-state index in [0.29, 0.717) is 11.9 Å². The third-order valence-electron chi connectivity index (χ3n) is 5.44. The summed E-state index contributed by atoms with van der Waals surface area (Å²) in [5.74, 6) is 0.408. The van der Waals surface area contributed by atoms with Crippen LogP contribution in [0.3, 0.4) is 0 Å². The molecule has 0 radical (unpaired) electrons. The van der Waals surface area contributed by atoms with Crippen molar-refractivity contribution >= 4 is 5.91 Å². The van der Waals surface area contributed by atoms with Gasteiger partial charge in [-0.25, -0.2) is 0 Å². The minimum absolute atomic E-state index is 0.116. The maximum Gasteiger partial charge on any atom is 0.230 e. The van der Waals surface area contributed by atoms with Crippen LogP contribution < -0.4 is 5.32 Å². The van der Waals surface area contributed by atoms with Crippen LogP contribution in [-0.2, 0) is 9.53 Å². The molecule has 5 nitrogen and oxygen atoms in total. The first-order valence-electron chi connectivity index (χ1n) is 8.57. The maximum absolute atomic E-state index is 13.0. The van der Waals surface area contributed by atoms with Crippen LogP contribution in [0.25, 0.3) is 0 Å². The van der Waals surface area contributed by atoms with Crippen molar-refractivity contribution in [3.8, 4) is 0 Å². The summed E-state index contributed by atoms with van der Waals surface area (Å²) >= 11 is 0. The van der Waals surface area contributed by atoms with Crippen LogP contribution in [0.15, 0.2) is 0 Å². The first-order chi connectivity index (χ1) is 10.2. The van der Waals surface area contributed by atoms with Crippen molar-refractivity contribution in [3.05, 3.63) is 0 Å². The molecule has 0 spiro atoms. The highest BCUT2D eigenvalue weighted by molar-refractivity contribution is 5.83. The molecule has 0 aliphatic carbocycles. The van der Waals surface area contributed by atoms with Crippen molar-refractivity contribution < 1.29 is 9.53 Å². The lowest BCUT2D eigenvalue weighted by molar-refractivity contribution is -0.140. The minimum Gasteiger partial charge on any atom is -0.379 e. The fourth-order valence-electron chi connectivity index (χ4n) is 4.23. The quantitative estimate of drug-likeness (QED) is 0.829. The molecule has 3 heterocycles. The smallest absolute Gasteiger partial charge is 0.230 e. The van der Waals surface area contributed by atoms with Gasteiger partial charge in [0.05, 0.1) is 18.6 Å². The highest BCUT2D eigenvalue weighted by Gasteiger charge is 2.44. The summed E-state index contributed by atoms with van der Waals surface area (Å²) in [6.07, 6.45) is 4.26. The molecule has 5 heteroatoms. The maximum atomic E-state index is 13.0. The SMILES string of the molecule is CCCC1(C(=O)N2CCC(N3CCOCC3)C2)CCNC1. The van der Waals surface area contributed by atoms with E-state index in [2.05, 4.69) is 22.0 Å². The van der Waals surface area contributed by atoms with Gasteiger partial charge in [0, 0.05) is 38.8 Å². The Balaban J connectivity index is 1.60. The lowest BCUT2D eigenvalue weighted by atomic mass is 9.81. The molecule has 0 aromatic rings. The van der Waals surface area contributed by atoms with Crippen LogP contribution >= 0.6 is 0 Å². The third kappa shape index (κ3) is 3.10. The van der Waals surface area contributed by atoms with Gasteiger partial charge in [0.2, 0.25) is 5.91 Å². The molecule has 0 aromatic carbocycles. The first-order valence-corrected chi connectivity index (χ1v) is 8.57. The van der Waals surface area contributed by atoms with E-state index in [0.717, 1.165) is 78.2 Å². The van der Waals surface area contributed by atoms with Crippen molar-refractivity contribution in [3.63, 3.8) is 0 Å². The van der Waals surface area contributed by atoms with E-state index >= 15 is 0 Å². The lowest BCUT2D eigenvalue weighted by Crippen LogP contribution is -2.48. The van der Waals surface area contributed by atoms with Crippen LogP contribution in [0.1, 0.15) is 32.6 Å². The molecule has 3 saturated heterocycles. The average molecular weight is 295 g/mol. The van der Waals surface area contributed by atoms with E-state index in [4.69, 9.17) is 4.74 Å². The van der Waals surface area contributed by atoms with E-state index in [-0.39, 0.29) is 5.41 Å². The third-order valence-corrected chi connectivity index (χ3v) is 5.44. The van der Waals surface area contributed by atoms with Gasteiger partial charge in [-0.3, -0.25) is 9.69 Å². The molecule has 2 atom stereocenters. The number of nitrogens with one attached hydrogen (secondary N) is 1. The Labute approximate surface area is 128 Å². The molecule has 3 aliphatic rings. The van der Waals surface area contributed by atoms with E-state index in [1.54, 1.807) is 0 Å².